The van der Waals surface area contributed by atoms with E-state index in [0.29, 0.717) is 54.2 Å². The van der Waals surface area contributed by atoms with E-state index in [4.69, 9.17) is 4.74 Å². The molecule has 1 saturated heterocycles. The summed E-state index contributed by atoms with van der Waals surface area (Å²) < 4.78 is 5.41. The van der Waals surface area contributed by atoms with Crippen molar-refractivity contribution >= 4 is 29.0 Å². The number of methoxy groups -OCH3 is 1. The van der Waals surface area contributed by atoms with E-state index in [9.17, 15) is 19.2 Å². The predicted octanol–water partition coefficient (Wildman–Crippen LogP) is 2.92. The second kappa shape index (κ2) is 7.68. The van der Waals surface area contributed by atoms with E-state index in [1.165, 1.54) is 13.2 Å². The molecule has 0 bridgehead atoms. The molecule has 2 N–H and O–H groups in total. The summed E-state index contributed by atoms with van der Waals surface area (Å²) in [4.78, 5) is 54.3. The Morgan fingerprint density at radius 3 is 2.61 bits per heavy atom. The Bertz CT molecular complexity index is 1150. The topological polar surface area (TPSA) is 109 Å². The number of hydrogen-bond acceptors (Lipinski definition) is 5. The Morgan fingerprint density at radius 2 is 1.94 bits per heavy atom. The predicted molar refractivity (Wildman–Crippen MR) is 116 cm³/mol. The summed E-state index contributed by atoms with van der Waals surface area (Å²) in [5.74, 6) is -0.222. The molecule has 2 aliphatic rings. The fraction of sp³-hybridized carbons (Fsp3) is 0.391. The van der Waals surface area contributed by atoms with Crippen LogP contribution in [0.3, 0.4) is 0 Å². The number of rotatable bonds is 4. The van der Waals surface area contributed by atoms with E-state index in [1.807, 2.05) is 13.8 Å². The van der Waals surface area contributed by atoms with Crippen molar-refractivity contribution in [2.45, 2.75) is 39.5 Å². The van der Waals surface area contributed by atoms with E-state index in [0.717, 1.165) is 6.42 Å². The number of pyridine rings is 1. The number of benzene rings is 1. The Morgan fingerprint density at radius 1 is 1.16 bits per heavy atom. The molecule has 1 aliphatic carbocycles. The third kappa shape index (κ3) is 3.97. The number of ketones is 1. The van der Waals surface area contributed by atoms with Gasteiger partial charge in [0.15, 0.2) is 5.78 Å². The van der Waals surface area contributed by atoms with Gasteiger partial charge in [-0.25, -0.2) is 0 Å². The number of carbonyl (C=O) groups excluding carboxylic acids is 3. The molecule has 162 valence electrons. The van der Waals surface area contributed by atoms with Crippen LogP contribution in [0.2, 0.25) is 0 Å². The van der Waals surface area contributed by atoms with Crippen molar-refractivity contribution in [2.24, 2.45) is 5.41 Å². The van der Waals surface area contributed by atoms with E-state index in [2.05, 4.69) is 10.3 Å². The molecule has 1 aliphatic heterocycles. The summed E-state index contributed by atoms with van der Waals surface area (Å²) in [6, 6.07) is 6.36. The zero-order valence-electron chi connectivity index (χ0n) is 17.8. The SMILES string of the molecule is COc1cc(NC(=O)c2cc3c([nH]c2=O)CC(C)(C)CC3=O)ccc1N1CCCC1=O. The number of aromatic nitrogens is 1. The largest absolute Gasteiger partial charge is 0.494 e. The van der Waals surface area contributed by atoms with Crippen molar-refractivity contribution in [2.75, 3.05) is 23.9 Å². The maximum atomic E-state index is 12.8. The molecule has 0 radical (unpaired) electrons. The number of H-pyrrole nitrogens is 1. The third-order valence-electron chi connectivity index (χ3n) is 5.76. The summed E-state index contributed by atoms with van der Waals surface area (Å²) in [5, 5.41) is 2.69. The molecule has 1 aromatic heterocycles. The number of ether oxygens (including phenoxy) is 1. The number of nitrogens with one attached hydrogen (secondary N) is 2. The van der Waals surface area contributed by atoms with Crippen LogP contribution >= 0.6 is 0 Å². The highest BCUT2D eigenvalue weighted by Crippen LogP contribution is 2.35. The molecule has 0 spiro atoms. The van der Waals surface area contributed by atoms with Crippen molar-refractivity contribution in [3.63, 3.8) is 0 Å². The van der Waals surface area contributed by atoms with Gasteiger partial charge in [0.05, 0.1) is 12.8 Å². The molecule has 4 rings (SSSR count). The molecule has 8 nitrogen and oxygen atoms in total. The third-order valence-corrected chi connectivity index (χ3v) is 5.76. The van der Waals surface area contributed by atoms with E-state index in [1.54, 1.807) is 23.1 Å². The lowest BCUT2D eigenvalue weighted by atomic mass is 9.75. The lowest BCUT2D eigenvalue weighted by Gasteiger charge is -2.29. The molecule has 0 unspecified atom stereocenters. The van der Waals surface area contributed by atoms with Crippen molar-refractivity contribution < 1.29 is 19.1 Å². The fourth-order valence-electron chi connectivity index (χ4n) is 4.28. The Kier molecular flexibility index (Phi) is 5.16. The van der Waals surface area contributed by atoms with Crippen LogP contribution in [0.15, 0.2) is 29.1 Å². The number of nitrogens with zero attached hydrogens (tertiary/aromatic N) is 1. The molecule has 2 heterocycles. The summed E-state index contributed by atoms with van der Waals surface area (Å²) in [6.45, 7) is 4.56. The standard InChI is InChI=1S/C23H25N3O5/c1-23(2)11-16-14(18(27)12-23)10-15(22(30)25-16)21(29)24-13-6-7-17(19(9-13)31-3)26-8-4-5-20(26)28/h6-7,9-10H,4-5,8,11-12H2,1-3H3,(H,24,29)(H,25,30). The minimum atomic E-state index is -0.617. The number of amides is 2. The molecule has 1 aromatic carbocycles. The quantitative estimate of drug-likeness (QED) is 0.786. The molecule has 2 amide bonds. The van der Waals surface area contributed by atoms with E-state index >= 15 is 0 Å². The van der Waals surface area contributed by atoms with Gasteiger partial charge in [0.1, 0.15) is 11.3 Å². The fourth-order valence-corrected chi connectivity index (χ4v) is 4.28. The van der Waals surface area contributed by atoms with Crippen molar-refractivity contribution in [3.05, 3.63) is 51.4 Å². The smallest absolute Gasteiger partial charge is 0.261 e. The molecular weight excluding hydrogens is 398 g/mol. The van der Waals surface area contributed by atoms with E-state index in [-0.39, 0.29) is 22.7 Å². The van der Waals surface area contributed by atoms with Gasteiger partial charge in [0, 0.05) is 42.4 Å². The number of fused-ring (bicyclic) bond motifs is 1. The van der Waals surface area contributed by atoms with Gasteiger partial charge >= 0.3 is 0 Å². The maximum Gasteiger partial charge on any atom is 0.261 e. The highest BCUT2D eigenvalue weighted by Gasteiger charge is 2.33. The first kappa shape index (κ1) is 20.8. The molecule has 31 heavy (non-hydrogen) atoms. The van der Waals surface area contributed by atoms with Gasteiger partial charge in [-0.15, -0.1) is 0 Å². The second-order valence-electron chi connectivity index (χ2n) is 8.83. The Labute approximate surface area is 179 Å². The zero-order chi connectivity index (χ0) is 22.3. The van der Waals surface area contributed by atoms with Crippen LogP contribution in [0.5, 0.6) is 5.75 Å². The molecule has 2 aromatic rings. The van der Waals surface area contributed by atoms with Gasteiger partial charge in [0.2, 0.25) is 5.91 Å². The highest BCUT2D eigenvalue weighted by atomic mass is 16.5. The van der Waals surface area contributed by atoms with Gasteiger partial charge in [-0.3, -0.25) is 19.2 Å². The Hall–Kier alpha value is -3.42. The number of anilines is 2. The van der Waals surface area contributed by atoms with Crippen LogP contribution in [0.25, 0.3) is 0 Å². The average molecular weight is 423 g/mol. The van der Waals surface area contributed by atoms with Crippen molar-refractivity contribution in [1.82, 2.24) is 4.98 Å². The number of carbonyl (C=O) groups is 3. The van der Waals surface area contributed by atoms with Gasteiger partial charge in [-0.1, -0.05) is 13.8 Å². The van der Waals surface area contributed by atoms with Crippen molar-refractivity contribution in [3.8, 4) is 5.75 Å². The first-order chi connectivity index (χ1) is 14.7. The van der Waals surface area contributed by atoms with Gasteiger partial charge in [0.25, 0.3) is 11.5 Å². The lowest BCUT2D eigenvalue weighted by Crippen LogP contribution is -2.32. The van der Waals surface area contributed by atoms with Crippen LogP contribution < -0.4 is 20.5 Å². The lowest BCUT2D eigenvalue weighted by molar-refractivity contribution is -0.117. The molecule has 0 saturated carbocycles. The number of aromatic amines is 1. The first-order valence-electron chi connectivity index (χ1n) is 10.3. The second-order valence-corrected chi connectivity index (χ2v) is 8.83. The summed E-state index contributed by atoms with van der Waals surface area (Å²) in [6.07, 6.45) is 2.22. The number of Topliss-reactive ketones (excluding diaryl/α,β-unsaturated/α-hetero) is 1. The van der Waals surface area contributed by atoms with Crippen LogP contribution in [0.1, 0.15) is 59.5 Å². The van der Waals surface area contributed by atoms with Gasteiger partial charge in [-0.05, 0) is 36.5 Å². The van der Waals surface area contributed by atoms with Crippen LogP contribution in [-0.2, 0) is 11.2 Å². The molecule has 0 atom stereocenters. The average Bonchev–Trinajstić information content (AvgIpc) is 3.12. The Balaban J connectivity index is 1.60. The molecular formula is C23H25N3O5. The van der Waals surface area contributed by atoms with Crippen molar-refractivity contribution in [1.29, 1.82) is 0 Å². The summed E-state index contributed by atoms with van der Waals surface area (Å²) in [5.41, 5.74) is 1.14. The normalized spacial score (nSPS) is 17.5. The first-order valence-corrected chi connectivity index (χ1v) is 10.3. The van der Waals surface area contributed by atoms with Gasteiger partial charge < -0.3 is 19.9 Å². The van der Waals surface area contributed by atoms with Crippen LogP contribution in [0.4, 0.5) is 11.4 Å². The van der Waals surface area contributed by atoms with Crippen LogP contribution in [0, 0.1) is 5.41 Å². The van der Waals surface area contributed by atoms with Crippen LogP contribution in [-0.4, -0.2) is 36.2 Å². The molecule has 1 fully saturated rings. The maximum absolute atomic E-state index is 12.8. The minimum absolute atomic E-state index is 0.0310. The molecule has 8 heteroatoms. The van der Waals surface area contributed by atoms with E-state index < -0.39 is 11.5 Å². The zero-order valence-corrected chi connectivity index (χ0v) is 17.8. The monoisotopic (exact) mass is 423 g/mol. The van der Waals surface area contributed by atoms with Gasteiger partial charge in [-0.2, -0.15) is 0 Å². The summed E-state index contributed by atoms with van der Waals surface area (Å²) >= 11 is 0. The summed E-state index contributed by atoms with van der Waals surface area (Å²) in [7, 11) is 1.49. The minimum Gasteiger partial charge on any atom is -0.494 e. The number of hydrogen-bond donors (Lipinski definition) is 2. The highest BCUT2D eigenvalue weighted by molar-refractivity contribution is 6.07.